The molecule has 3 aromatic carbocycles. The highest BCUT2D eigenvalue weighted by atomic mass is 35.5. The van der Waals surface area contributed by atoms with E-state index in [1.54, 1.807) is 11.8 Å². The first-order valence-corrected chi connectivity index (χ1v) is 12.1. The predicted octanol–water partition coefficient (Wildman–Crippen LogP) is 6.16. The number of rotatable bonds is 8. The van der Waals surface area contributed by atoms with Crippen LogP contribution in [-0.4, -0.2) is 23.9 Å². The van der Waals surface area contributed by atoms with E-state index in [2.05, 4.69) is 34.5 Å². The van der Waals surface area contributed by atoms with Gasteiger partial charge in [0.05, 0.1) is 0 Å². The van der Waals surface area contributed by atoms with E-state index >= 15 is 0 Å². The molecule has 0 bridgehead atoms. The molecular weight excluding hydrogens is 424 g/mol. The molecule has 1 aliphatic heterocycles. The van der Waals surface area contributed by atoms with Gasteiger partial charge in [0.1, 0.15) is 0 Å². The number of nitrogens with one attached hydrogen (secondary N) is 1. The number of nitrogens with zero attached hydrogens (tertiary/aromatic N) is 1. The molecule has 1 heterocycles. The quantitative estimate of drug-likeness (QED) is 0.417. The number of likely N-dealkylation sites (tertiary alicyclic amines) is 1. The van der Waals surface area contributed by atoms with E-state index in [0.29, 0.717) is 12.1 Å². The predicted molar refractivity (Wildman–Crippen MR) is 130 cm³/mol. The second-order valence-electron chi connectivity index (χ2n) is 7.92. The van der Waals surface area contributed by atoms with Gasteiger partial charge in [0.2, 0.25) is 0 Å². The van der Waals surface area contributed by atoms with Crippen molar-refractivity contribution in [3.8, 4) is 0 Å². The molecule has 3 nitrogen and oxygen atoms in total. The van der Waals surface area contributed by atoms with Crippen LogP contribution in [0.2, 0.25) is 5.02 Å². The normalized spacial score (nSPS) is 14.0. The minimum absolute atomic E-state index is 0.0435. The number of hydrogen-bond donors (Lipinski definition) is 1. The molecule has 0 radical (unpaired) electrons. The molecule has 0 saturated carbocycles. The molecule has 1 fully saturated rings. The van der Waals surface area contributed by atoms with Gasteiger partial charge in [-0.1, -0.05) is 48.0 Å². The van der Waals surface area contributed by atoms with Crippen LogP contribution in [-0.2, 0) is 18.8 Å². The van der Waals surface area contributed by atoms with Crippen molar-refractivity contribution in [2.75, 3.05) is 13.1 Å². The van der Waals surface area contributed by atoms with Crippen molar-refractivity contribution in [1.82, 2.24) is 10.2 Å². The van der Waals surface area contributed by atoms with Crippen LogP contribution < -0.4 is 5.32 Å². The molecule has 31 heavy (non-hydrogen) atoms. The van der Waals surface area contributed by atoms with E-state index in [1.807, 2.05) is 48.5 Å². The highest BCUT2D eigenvalue weighted by Crippen LogP contribution is 2.24. The molecule has 0 aromatic heterocycles. The Morgan fingerprint density at radius 3 is 2.13 bits per heavy atom. The number of halogens is 1. The summed E-state index contributed by atoms with van der Waals surface area (Å²) in [6.45, 7) is 3.97. The molecule has 5 heteroatoms. The molecule has 160 valence electrons. The first-order chi connectivity index (χ1) is 15.2. The maximum atomic E-state index is 12.5. The number of amides is 1. The van der Waals surface area contributed by atoms with Crippen LogP contribution in [0.15, 0.2) is 77.7 Å². The van der Waals surface area contributed by atoms with Crippen LogP contribution >= 0.6 is 23.4 Å². The molecule has 0 spiro atoms. The summed E-state index contributed by atoms with van der Waals surface area (Å²) in [6.07, 6.45) is 2.62. The molecule has 3 aromatic rings. The smallest absolute Gasteiger partial charge is 0.251 e. The van der Waals surface area contributed by atoms with Crippen molar-refractivity contribution in [3.05, 3.63) is 100 Å². The Hall–Kier alpha value is -2.27. The van der Waals surface area contributed by atoms with Gasteiger partial charge in [0.25, 0.3) is 5.91 Å². The van der Waals surface area contributed by atoms with Crippen LogP contribution in [0.5, 0.6) is 0 Å². The summed E-state index contributed by atoms with van der Waals surface area (Å²) in [5.74, 6) is 0.811. The molecule has 1 saturated heterocycles. The molecular formula is C26H27ClN2OS. The van der Waals surface area contributed by atoms with Crippen LogP contribution in [0.25, 0.3) is 0 Å². The molecule has 0 aliphatic carbocycles. The summed E-state index contributed by atoms with van der Waals surface area (Å²) in [5, 5.41) is 3.77. The van der Waals surface area contributed by atoms with E-state index in [1.165, 1.54) is 42.0 Å². The summed E-state index contributed by atoms with van der Waals surface area (Å²) >= 11 is 7.68. The van der Waals surface area contributed by atoms with Crippen molar-refractivity contribution in [1.29, 1.82) is 0 Å². The van der Waals surface area contributed by atoms with Gasteiger partial charge in [0.15, 0.2) is 0 Å². The van der Waals surface area contributed by atoms with E-state index in [4.69, 9.17) is 11.6 Å². The highest BCUT2D eigenvalue weighted by Gasteiger charge is 2.11. The third kappa shape index (κ3) is 6.60. The minimum atomic E-state index is -0.0435. The molecule has 1 N–H and O–H groups in total. The van der Waals surface area contributed by atoms with Crippen LogP contribution in [0.1, 0.15) is 39.9 Å². The fraction of sp³-hybridized carbons (Fsp3) is 0.269. The number of carbonyl (C=O) groups excluding carboxylic acids is 1. The van der Waals surface area contributed by atoms with Gasteiger partial charge in [-0.25, -0.2) is 0 Å². The third-order valence-electron chi connectivity index (χ3n) is 5.52. The largest absolute Gasteiger partial charge is 0.348 e. The van der Waals surface area contributed by atoms with Gasteiger partial charge in [-0.15, -0.1) is 11.8 Å². The van der Waals surface area contributed by atoms with Gasteiger partial charge in [-0.2, -0.15) is 0 Å². The number of carbonyl (C=O) groups is 1. The van der Waals surface area contributed by atoms with E-state index in [-0.39, 0.29) is 5.91 Å². The highest BCUT2D eigenvalue weighted by molar-refractivity contribution is 7.98. The zero-order chi connectivity index (χ0) is 21.5. The summed E-state index contributed by atoms with van der Waals surface area (Å²) < 4.78 is 0. The zero-order valence-corrected chi connectivity index (χ0v) is 19.1. The Labute approximate surface area is 193 Å². The summed E-state index contributed by atoms with van der Waals surface area (Å²) in [6, 6.07) is 24.2. The lowest BCUT2D eigenvalue weighted by Gasteiger charge is -2.14. The zero-order valence-electron chi connectivity index (χ0n) is 17.5. The Bertz CT molecular complexity index is 981. The first-order valence-electron chi connectivity index (χ1n) is 10.7. The summed E-state index contributed by atoms with van der Waals surface area (Å²) in [4.78, 5) is 16.2. The standard InChI is InChI=1S/C26H27ClN2OS/c27-24-11-13-25(14-12-24)31-19-22-7-9-23(10-8-22)26(30)28-17-20-3-5-21(6-4-20)18-29-15-1-2-16-29/h3-14H,1-2,15-19H2,(H,28,30). The van der Waals surface area contributed by atoms with Crippen molar-refractivity contribution in [2.24, 2.45) is 0 Å². The molecule has 1 amide bonds. The average Bonchev–Trinajstić information content (AvgIpc) is 3.31. The van der Waals surface area contributed by atoms with E-state index in [0.717, 1.165) is 22.9 Å². The van der Waals surface area contributed by atoms with Crippen LogP contribution in [0, 0.1) is 0 Å². The second-order valence-corrected chi connectivity index (χ2v) is 9.41. The Balaban J connectivity index is 1.24. The first kappa shape index (κ1) is 21.9. The number of benzene rings is 3. The Morgan fingerprint density at radius 2 is 1.45 bits per heavy atom. The van der Waals surface area contributed by atoms with Crippen molar-refractivity contribution in [2.45, 2.75) is 36.6 Å². The SMILES string of the molecule is O=C(NCc1ccc(CN2CCCC2)cc1)c1ccc(CSc2ccc(Cl)cc2)cc1. The fourth-order valence-electron chi connectivity index (χ4n) is 3.70. The lowest BCUT2D eigenvalue weighted by atomic mass is 10.1. The van der Waals surface area contributed by atoms with Gasteiger partial charge >= 0.3 is 0 Å². The second kappa shape index (κ2) is 10.9. The van der Waals surface area contributed by atoms with E-state index < -0.39 is 0 Å². The van der Waals surface area contributed by atoms with Crippen molar-refractivity contribution in [3.63, 3.8) is 0 Å². The third-order valence-corrected chi connectivity index (χ3v) is 6.85. The van der Waals surface area contributed by atoms with Gasteiger partial charge in [-0.3, -0.25) is 9.69 Å². The molecule has 0 unspecified atom stereocenters. The Kier molecular flexibility index (Phi) is 7.68. The lowest BCUT2D eigenvalue weighted by Crippen LogP contribution is -2.22. The lowest BCUT2D eigenvalue weighted by molar-refractivity contribution is 0.0951. The van der Waals surface area contributed by atoms with E-state index in [9.17, 15) is 4.79 Å². The van der Waals surface area contributed by atoms with Gasteiger partial charge in [-0.05, 0) is 79.0 Å². The molecule has 1 aliphatic rings. The fourth-order valence-corrected chi connectivity index (χ4v) is 4.68. The topological polar surface area (TPSA) is 32.3 Å². The maximum absolute atomic E-state index is 12.5. The maximum Gasteiger partial charge on any atom is 0.251 e. The molecule has 0 atom stereocenters. The summed E-state index contributed by atoms with van der Waals surface area (Å²) in [7, 11) is 0. The van der Waals surface area contributed by atoms with Gasteiger partial charge in [0, 0.05) is 34.3 Å². The van der Waals surface area contributed by atoms with Crippen molar-refractivity contribution >= 4 is 29.3 Å². The van der Waals surface area contributed by atoms with Crippen LogP contribution in [0.4, 0.5) is 0 Å². The average molecular weight is 451 g/mol. The monoisotopic (exact) mass is 450 g/mol. The van der Waals surface area contributed by atoms with Gasteiger partial charge < -0.3 is 5.32 Å². The number of thioether (sulfide) groups is 1. The number of hydrogen-bond acceptors (Lipinski definition) is 3. The Morgan fingerprint density at radius 1 is 0.839 bits per heavy atom. The van der Waals surface area contributed by atoms with Crippen LogP contribution in [0.3, 0.4) is 0 Å². The minimum Gasteiger partial charge on any atom is -0.348 e. The van der Waals surface area contributed by atoms with Crippen molar-refractivity contribution < 1.29 is 4.79 Å². The molecule has 4 rings (SSSR count). The summed E-state index contributed by atoms with van der Waals surface area (Å²) in [5.41, 5.74) is 4.33.